The van der Waals surface area contributed by atoms with E-state index in [-0.39, 0.29) is 0 Å². The van der Waals surface area contributed by atoms with Crippen molar-refractivity contribution in [2.75, 3.05) is 11.9 Å². The number of rotatable bonds is 6. The van der Waals surface area contributed by atoms with Crippen LogP contribution in [-0.2, 0) is 6.42 Å². The smallest absolute Gasteiger partial charge is 0.129 e. The second-order valence-corrected chi connectivity index (χ2v) is 3.34. The number of aryl methyl sites for hydroxylation is 1. The van der Waals surface area contributed by atoms with Crippen LogP contribution in [0.5, 0.6) is 0 Å². The molecular formula is C12H17N3. The minimum Gasteiger partial charge on any atom is -0.370 e. The average Bonchev–Trinajstić information content (AvgIpc) is 2.29. The highest BCUT2D eigenvalue weighted by Crippen LogP contribution is 2.04. The van der Waals surface area contributed by atoms with Crippen molar-refractivity contribution in [2.45, 2.75) is 32.6 Å². The highest BCUT2D eigenvalue weighted by Gasteiger charge is 1.95. The molecule has 0 amide bonds. The van der Waals surface area contributed by atoms with Crippen LogP contribution in [0.2, 0.25) is 0 Å². The van der Waals surface area contributed by atoms with E-state index in [1.807, 2.05) is 6.07 Å². The Morgan fingerprint density at radius 1 is 1.40 bits per heavy atom. The summed E-state index contributed by atoms with van der Waals surface area (Å²) in [4.78, 5) is 8.28. The van der Waals surface area contributed by atoms with Crippen molar-refractivity contribution in [1.82, 2.24) is 9.97 Å². The Kier molecular flexibility index (Phi) is 5.24. The molecular weight excluding hydrogens is 186 g/mol. The summed E-state index contributed by atoms with van der Waals surface area (Å²) in [7, 11) is 0. The van der Waals surface area contributed by atoms with Gasteiger partial charge in [-0.3, -0.25) is 0 Å². The maximum atomic E-state index is 5.17. The van der Waals surface area contributed by atoms with Crippen LogP contribution < -0.4 is 5.32 Å². The van der Waals surface area contributed by atoms with Crippen LogP contribution in [0.25, 0.3) is 0 Å². The summed E-state index contributed by atoms with van der Waals surface area (Å²) in [6, 6.07) is 1.99. The van der Waals surface area contributed by atoms with Crippen LogP contribution in [0.3, 0.4) is 0 Å². The molecule has 3 nitrogen and oxygen atoms in total. The Bertz CT molecular complexity index is 328. The molecule has 0 saturated heterocycles. The molecule has 0 spiro atoms. The van der Waals surface area contributed by atoms with Gasteiger partial charge in [-0.15, -0.1) is 12.3 Å². The largest absolute Gasteiger partial charge is 0.370 e. The second kappa shape index (κ2) is 6.83. The van der Waals surface area contributed by atoms with Gasteiger partial charge in [0.05, 0.1) is 0 Å². The quantitative estimate of drug-likeness (QED) is 0.569. The summed E-state index contributed by atoms with van der Waals surface area (Å²) < 4.78 is 0. The zero-order valence-corrected chi connectivity index (χ0v) is 9.16. The molecule has 0 unspecified atom stereocenters. The number of aromatic nitrogens is 2. The van der Waals surface area contributed by atoms with Gasteiger partial charge in [0.15, 0.2) is 0 Å². The zero-order chi connectivity index (χ0) is 10.9. The topological polar surface area (TPSA) is 37.8 Å². The van der Waals surface area contributed by atoms with Gasteiger partial charge in [0.2, 0.25) is 0 Å². The maximum Gasteiger partial charge on any atom is 0.129 e. The summed E-state index contributed by atoms with van der Waals surface area (Å²) >= 11 is 0. The summed E-state index contributed by atoms with van der Waals surface area (Å²) in [6.07, 6.45) is 10.7. The molecule has 1 N–H and O–H groups in total. The van der Waals surface area contributed by atoms with Crippen LogP contribution in [0.4, 0.5) is 5.82 Å². The van der Waals surface area contributed by atoms with Crippen LogP contribution in [0, 0.1) is 12.3 Å². The molecule has 15 heavy (non-hydrogen) atoms. The lowest BCUT2D eigenvalue weighted by Gasteiger charge is -2.05. The van der Waals surface area contributed by atoms with Gasteiger partial charge in [0.25, 0.3) is 0 Å². The fourth-order valence-corrected chi connectivity index (χ4v) is 1.26. The molecule has 0 aliphatic rings. The van der Waals surface area contributed by atoms with Crippen LogP contribution >= 0.6 is 0 Å². The molecule has 1 aromatic heterocycles. The van der Waals surface area contributed by atoms with E-state index in [9.17, 15) is 0 Å². The Labute approximate surface area is 91.3 Å². The third kappa shape index (κ3) is 4.46. The second-order valence-electron chi connectivity index (χ2n) is 3.34. The lowest BCUT2D eigenvalue weighted by molar-refractivity contribution is 0.786. The predicted octanol–water partition coefficient (Wildman–Crippen LogP) is 2.25. The van der Waals surface area contributed by atoms with Crippen molar-refractivity contribution in [3.63, 3.8) is 0 Å². The number of hydrogen-bond acceptors (Lipinski definition) is 3. The van der Waals surface area contributed by atoms with E-state index >= 15 is 0 Å². The monoisotopic (exact) mass is 203 g/mol. The highest BCUT2D eigenvalue weighted by atomic mass is 15.0. The average molecular weight is 203 g/mol. The molecule has 1 aromatic rings. The minimum absolute atomic E-state index is 0.853. The number of terminal acetylenes is 1. The minimum atomic E-state index is 0.853. The van der Waals surface area contributed by atoms with Crippen molar-refractivity contribution in [3.05, 3.63) is 18.1 Å². The number of hydrogen-bond donors (Lipinski definition) is 1. The fourth-order valence-electron chi connectivity index (χ4n) is 1.26. The van der Waals surface area contributed by atoms with Crippen molar-refractivity contribution in [3.8, 4) is 12.3 Å². The van der Waals surface area contributed by atoms with Gasteiger partial charge in [-0.1, -0.05) is 6.92 Å². The first-order valence-corrected chi connectivity index (χ1v) is 5.35. The van der Waals surface area contributed by atoms with Gasteiger partial charge in [-0.2, -0.15) is 0 Å². The Morgan fingerprint density at radius 3 is 3.00 bits per heavy atom. The van der Waals surface area contributed by atoms with Crippen molar-refractivity contribution in [2.24, 2.45) is 0 Å². The first kappa shape index (κ1) is 11.5. The highest BCUT2D eigenvalue weighted by molar-refractivity contribution is 5.34. The van der Waals surface area contributed by atoms with Crippen LogP contribution in [0.15, 0.2) is 12.4 Å². The molecule has 80 valence electrons. The summed E-state index contributed by atoms with van der Waals surface area (Å²) in [6.45, 7) is 3.00. The number of nitrogens with zero attached hydrogens (tertiary/aromatic N) is 2. The van der Waals surface area contributed by atoms with Gasteiger partial charge in [0, 0.05) is 24.7 Å². The standard InChI is InChI=1S/C12H17N3/c1-3-5-6-7-8-13-12-9-11(4-2)14-10-15-12/h1,9-10H,4-8H2,2H3,(H,13,14,15). The molecule has 0 bridgehead atoms. The van der Waals surface area contributed by atoms with E-state index < -0.39 is 0 Å². The van der Waals surface area contributed by atoms with E-state index in [1.165, 1.54) is 0 Å². The summed E-state index contributed by atoms with van der Waals surface area (Å²) in [5.74, 6) is 3.54. The molecule has 3 heteroatoms. The van der Waals surface area contributed by atoms with Crippen molar-refractivity contribution in [1.29, 1.82) is 0 Å². The molecule has 0 fully saturated rings. The Balaban J connectivity index is 2.28. The van der Waals surface area contributed by atoms with E-state index in [0.29, 0.717) is 0 Å². The number of nitrogens with one attached hydrogen (secondary N) is 1. The first-order chi connectivity index (χ1) is 7.36. The van der Waals surface area contributed by atoms with Crippen LogP contribution in [-0.4, -0.2) is 16.5 Å². The van der Waals surface area contributed by atoms with Gasteiger partial charge < -0.3 is 5.32 Å². The van der Waals surface area contributed by atoms with Crippen LogP contribution in [0.1, 0.15) is 31.9 Å². The van der Waals surface area contributed by atoms with Gasteiger partial charge in [-0.05, 0) is 19.3 Å². The number of unbranched alkanes of at least 4 members (excludes halogenated alkanes) is 2. The summed E-state index contributed by atoms with van der Waals surface area (Å²) in [5, 5.41) is 3.26. The van der Waals surface area contributed by atoms with Gasteiger partial charge in [-0.25, -0.2) is 9.97 Å². The van der Waals surface area contributed by atoms with E-state index in [1.54, 1.807) is 6.33 Å². The zero-order valence-electron chi connectivity index (χ0n) is 9.16. The van der Waals surface area contributed by atoms with Gasteiger partial charge >= 0.3 is 0 Å². The summed E-state index contributed by atoms with van der Waals surface area (Å²) in [5.41, 5.74) is 1.07. The van der Waals surface area contributed by atoms with E-state index in [4.69, 9.17) is 6.42 Å². The Morgan fingerprint density at radius 2 is 2.27 bits per heavy atom. The SMILES string of the molecule is C#CCCCCNc1cc(CC)ncn1. The molecule has 0 saturated carbocycles. The molecule has 0 aliphatic heterocycles. The third-order valence-electron chi connectivity index (χ3n) is 2.14. The molecule has 1 heterocycles. The number of anilines is 1. The molecule has 1 rings (SSSR count). The van der Waals surface area contributed by atoms with Gasteiger partial charge in [0.1, 0.15) is 12.1 Å². The van der Waals surface area contributed by atoms with Crippen molar-refractivity contribution < 1.29 is 0 Å². The fraction of sp³-hybridized carbons (Fsp3) is 0.500. The lowest BCUT2D eigenvalue weighted by atomic mass is 10.2. The molecule has 0 aromatic carbocycles. The lowest BCUT2D eigenvalue weighted by Crippen LogP contribution is -2.04. The molecule has 0 aliphatic carbocycles. The maximum absolute atomic E-state index is 5.17. The third-order valence-corrected chi connectivity index (χ3v) is 2.14. The van der Waals surface area contributed by atoms with E-state index in [2.05, 4.69) is 28.1 Å². The first-order valence-electron chi connectivity index (χ1n) is 5.35. The predicted molar refractivity (Wildman–Crippen MR) is 62.6 cm³/mol. The Hall–Kier alpha value is -1.56. The molecule has 0 atom stereocenters. The van der Waals surface area contributed by atoms with E-state index in [0.717, 1.165) is 43.7 Å². The normalized spacial score (nSPS) is 9.60. The molecule has 0 radical (unpaired) electrons. The van der Waals surface area contributed by atoms with Crippen molar-refractivity contribution >= 4 is 5.82 Å².